The van der Waals surface area contributed by atoms with E-state index in [1.807, 2.05) is 31.2 Å². The van der Waals surface area contributed by atoms with Crippen molar-refractivity contribution >= 4 is 17.8 Å². The zero-order valence-corrected chi connectivity index (χ0v) is 21.4. The summed E-state index contributed by atoms with van der Waals surface area (Å²) in [5.74, 6) is 1.64. The third-order valence-corrected chi connectivity index (χ3v) is 9.29. The summed E-state index contributed by atoms with van der Waals surface area (Å²) in [6, 6.07) is 11.3. The lowest BCUT2D eigenvalue weighted by Gasteiger charge is -2.53. The molecule has 7 nitrogen and oxygen atoms in total. The molecule has 1 spiro atoms. The molecule has 4 heterocycles. The molecule has 5 aliphatic rings. The highest BCUT2D eigenvalue weighted by molar-refractivity contribution is 5.98. The van der Waals surface area contributed by atoms with Crippen LogP contribution in [-0.4, -0.2) is 60.5 Å². The molecule has 7 rings (SSSR count). The Balaban J connectivity index is 0.00000252. The van der Waals surface area contributed by atoms with Crippen molar-refractivity contribution in [3.8, 4) is 17.2 Å². The first kappa shape index (κ1) is 24.1. The maximum absolute atomic E-state index is 13.8. The molecule has 192 valence electrons. The van der Waals surface area contributed by atoms with Crippen LogP contribution in [0.1, 0.15) is 35.7 Å². The van der Waals surface area contributed by atoms with Gasteiger partial charge in [-0.25, -0.2) is 0 Å². The number of phenols is 1. The maximum atomic E-state index is 13.8. The minimum absolute atomic E-state index is 0. The van der Waals surface area contributed by atoms with Gasteiger partial charge < -0.3 is 36.8 Å². The monoisotopic (exact) mass is 520 g/mol. The number of para-hydroxylation sites is 1. The second kappa shape index (κ2) is 8.36. The number of fused-ring (bicyclic) bond motifs is 3. The Bertz CT molecular complexity index is 1400. The molecule has 0 saturated carbocycles. The number of Topliss-reactive ketones (excluding diaryl/α,β-unsaturated/α-hetero) is 1. The molecule has 2 N–H and O–H groups in total. The summed E-state index contributed by atoms with van der Waals surface area (Å²) < 4.78 is 12.0. The molecule has 4 aliphatic heterocycles. The van der Waals surface area contributed by atoms with Crippen molar-refractivity contribution in [2.75, 3.05) is 38.2 Å². The Kier molecular flexibility index (Phi) is 5.44. The molecular weight excluding hydrogens is 492 g/mol. The van der Waals surface area contributed by atoms with E-state index in [1.165, 1.54) is 5.57 Å². The quantitative estimate of drug-likeness (QED) is 0.203. The summed E-state index contributed by atoms with van der Waals surface area (Å²) in [5, 5.41) is 14.2. The van der Waals surface area contributed by atoms with Crippen molar-refractivity contribution < 1.29 is 41.1 Å². The highest BCUT2D eigenvalue weighted by Gasteiger charge is 2.69. The second-order valence-corrected chi connectivity index (χ2v) is 10.7. The van der Waals surface area contributed by atoms with E-state index in [1.54, 1.807) is 6.07 Å². The second-order valence-electron chi connectivity index (χ2n) is 10.7. The van der Waals surface area contributed by atoms with E-state index in [9.17, 15) is 14.7 Å². The van der Waals surface area contributed by atoms with Gasteiger partial charge in [-0.15, -0.1) is 0 Å². The van der Waals surface area contributed by atoms with Gasteiger partial charge >= 0.3 is 0 Å². The number of hydrogen-bond acceptors (Lipinski definition) is 6. The lowest BCUT2D eigenvalue weighted by atomic mass is 9.61. The summed E-state index contributed by atoms with van der Waals surface area (Å²) in [6.45, 7) is 4.99. The molecule has 1 aliphatic carbocycles. The molecule has 0 aromatic heterocycles. The van der Waals surface area contributed by atoms with Crippen LogP contribution in [0.5, 0.6) is 17.2 Å². The number of benzene rings is 2. The summed E-state index contributed by atoms with van der Waals surface area (Å²) >= 11 is 0. The van der Waals surface area contributed by atoms with E-state index in [4.69, 9.17) is 9.47 Å². The number of allylic oxidation sites excluding steroid dienone is 2. The summed E-state index contributed by atoms with van der Waals surface area (Å²) in [7, 11) is 0. The van der Waals surface area contributed by atoms with Crippen LogP contribution >= 0.6 is 0 Å². The van der Waals surface area contributed by atoms with Gasteiger partial charge in [0.2, 0.25) is 5.78 Å². The van der Waals surface area contributed by atoms with Gasteiger partial charge in [0.1, 0.15) is 44.4 Å². The first-order valence-electron chi connectivity index (χ1n) is 12.7. The van der Waals surface area contributed by atoms with Crippen molar-refractivity contribution in [1.29, 1.82) is 0 Å². The number of nitrogens with zero attached hydrogens (tertiary/aromatic N) is 1. The van der Waals surface area contributed by atoms with E-state index in [0.717, 1.165) is 49.1 Å². The van der Waals surface area contributed by atoms with Crippen molar-refractivity contribution in [1.82, 2.24) is 0 Å². The number of carbonyl (C=O) groups excluding carboxylic acids is 2. The smallest absolute Gasteiger partial charge is 0.217 e. The zero-order valence-electron chi connectivity index (χ0n) is 20.6. The van der Waals surface area contributed by atoms with Gasteiger partial charge in [-0.2, -0.15) is 0 Å². The number of quaternary nitrogens is 1. The molecule has 2 bridgehead atoms. The van der Waals surface area contributed by atoms with Gasteiger partial charge in [0.05, 0.1) is 17.6 Å². The number of hydrogen-bond donors (Lipinski definition) is 2. The predicted molar refractivity (Wildman–Crippen MR) is 133 cm³/mol. The zero-order chi connectivity index (χ0) is 24.7. The van der Waals surface area contributed by atoms with Gasteiger partial charge in [0, 0.05) is 35.6 Å². The molecule has 2 saturated heterocycles. The summed E-state index contributed by atoms with van der Waals surface area (Å²) in [5.41, 5.74) is 4.95. The molecule has 0 radical (unpaired) electrons. The van der Waals surface area contributed by atoms with Crippen LogP contribution in [0, 0.1) is 5.92 Å². The highest BCUT2D eigenvalue weighted by Crippen LogP contribution is 2.64. The van der Waals surface area contributed by atoms with Crippen LogP contribution in [0.25, 0.3) is 0 Å². The number of aldehydes is 1. The lowest BCUT2D eigenvalue weighted by molar-refractivity contribution is -0.934. The number of nitrogens with one attached hydrogen (secondary N) is 1. The lowest BCUT2D eigenvalue weighted by Crippen LogP contribution is -3.00. The fraction of sp³-hybridized carbons (Fsp3) is 0.379. The Hall–Kier alpha value is -3.29. The molecule has 2 fully saturated rings. The average Bonchev–Trinajstić information content (AvgIpc) is 3.43. The first-order chi connectivity index (χ1) is 17.5. The van der Waals surface area contributed by atoms with E-state index in [2.05, 4.69) is 17.5 Å². The molecule has 2 aromatic rings. The minimum atomic E-state index is -0.396. The Morgan fingerprint density at radius 1 is 1.22 bits per heavy atom. The molecule has 8 heteroatoms. The SMILES string of the molecule is C/C=C1/C[N+]2(CC(=O)c3ccc4c(c3)OCCO4)CC[C@]34C(=C(C=O)[C@H]1CC32)Nc1c(O)cccc14.[Cl-]. The molecular formula is C29H29ClN2O5. The topological polar surface area (TPSA) is 84.9 Å². The predicted octanol–water partition coefficient (Wildman–Crippen LogP) is 0.736. The van der Waals surface area contributed by atoms with E-state index >= 15 is 0 Å². The molecule has 2 aromatic carbocycles. The van der Waals surface area contributed by atoms with Crippen LogP contribution in [0.2, 0.25) is 0 Å². The standard InChI is InChI=1S/C29H28N2O5.ClH/c1-2-17-14-31(15-23(34)18-6-7-24-25(12-18)36-11-10-35-24)9-8-29-21-4-3-5-22(33)27(21)30-28(29)20(16-32)19(17)13-26(29)31;/h2-7,12,16,19,26H,8-11,13-15H2,1H3,(H-,30,32,33);1H/b17-2-;/t19-,26?,29+,31?;/m0./s1. The van der Waals surface area contributed by atoms with Crippen LogP contribution in [0.3, 0.4) is 0 Å². The van der Waals surface area contributed by atoms with Crippen molar-refractivity contribution in [2.45, 2.75) is 31.2 Å². The molecule has 37 heavy (non-hydrogen) atoms. The van der Waals surface area contributed by atoms with Gasteiger partial charge in [0.15, 0.2) is 11.5 Å². The Labute approximate surface area is 221 Å². The number of halogens is 1. The van der Waals surface area contributed by atoms with Crippen molar-refractivity contribution in [3.05, 3.63) is 70.4 Å². The molecule has 2 unspecified atom stereocenters. The van der Waals surface area contributed by atoms with Gasteiger partial charge in [-0.1, -0.05) is 18.2 Å². The fourth-order valence-electron chi connectivity index (χ4n) is 7.78. The number of anilines is 1. The van der Waals surface area contributed by atoms with Crippen LogP contribution in [-0.2, 0) is 10.2 Å². The minimum Gasteiger partial charge on any atom is -1.00 e. The van der Waals surface area contributed by atoms with Gasteiger partial charge in [-0.05, 0) is 42.3 Å². The number of ketones is 1. The number of aromatic hydroxyl groups is 1. The Morgan fingerprint density at radius 3 is 2.81 bits per heavy atom. The van der Waals surface area contributed by atoms with Crippen molar-refractivity contribution in [2.24, 2.45) is 5.92 Å². The number of piperidine rings is 1. The van der Waals surface area contributed by atoms with Gasteiger partial charge in [-0.3, -0.25) is 9.59 Å². The number of carbonyl (C=O) groups is 2. The van der Waals surface area contributed by atoms with E-state index < -0.39 is 5.41 Å². The van der Waals surface area contributed by atoms with E-state index in [0.29, 0.717) is 47.0 Å². The molecule has 0 amide bonds. The first-order valence-corrected chi connectivity index (χ1v) is 12.7. The van der Waals surface area contributed by atoms with Gasteiger partial charge in [0.25, 0.3) is 0 Å². The third-order valence-electron chi connectivity index (χ3n) is 9.29. The number of rotatable bonds is 4. The summed E-state index contributed by atoms with van der Waals surface area (Å²) in [4.78, 5) is 26.3. The molecule has 4 atom stereocenters. The normalized spacial score (nSPS) is 31.2. The highest BCUT2D eigenvalue weighted by atomic mass is 35.5. The third kappa shape index (κ3) is 3.10. The van der Waals surface area contributed by atoms with E-state index in [-0.39, 0.29) is 35.9 Å². The fourth-order valence-corrected chi connectivity index (χ4v) is 7.78. The van der Waals surface area contributed by atoms with Crippen molar-refractivity contribution in [3.63, 3.8) is 0 Å². The average molecular weight is 521 g/mol. The summed E-state index contributed by atoms with van der Waals surface area (Å²) in [6.07, 6.45) is 4.79. The maximum Gasteiger partial charge on any atom is 0.217 e. The number of phenolic OH excluding ortho intramolecular Hbond substituents is 1. The van der Waals surface area contributed by atoms with Crippen LogP contribution in [0.15, 0.2) is 59.3 Å². The van der Waals surface area contributed by atoms with Crippen LogP contribution in [0.4, 0.5) is 5.69 Å². The largest absolute Gasteiger partial charge is 1.00 e. The van der Waals surface area contributed by atoms with Crippen LogP contribution < -0.4 is 27.2 Å². The Morgan fingerprint density at radius 2 is 2.03 bits per heavy atom. The number of ether oxygens (including phenoxy) is 2.